The van der Waals surface area contributed by atoms with E-state index in [1.54, 1.807) is 18.2 Å². The number of hydrogen-bond acceptors (Lipinski definition) is 9. The molecule has 0 N–H and O–H groups in total. The Morgan fingerprint density at radius 3 is 2.02 bits per heavy atom. The maximum Gasteiger partial charge on any atom is 0.343 e. The summed E-state index contributed by atoms with van der Waals surface area (Å²) in [6.07, 6.45) is 0.677. The molecule has 0 radical (unpaired) electrons. The number of benzene rings is 3. The topological polar surface area (TPSA) is 153 Å². The summed E-state index contributed by atoms with van der Waals surface area (Å²) in [4.78, 5) is 78.0. The molecule has 12 nitrogen and oxygen atoms in total. The number of fused-ring (bicyclic) bond motifs is 5. The van der Waals surface area contributed by atoms with Gasteiger partial charge in [0.1, 0.15) is 18.0 Å². The second-order valence-electron chi connectivity index (χ2n) is 11.2. The predicted octanol–water partition coefficient (Wildman–Crippen LogP) is 4.84. The van der Waals surface area contributed by atoms with Gasteiger partial charge in [0.15, 0.2) is 5.78 Å². The lowest BCUT2D eigenvalue weighted by molar-refractivity contribution is -0.384. The van der Waals surface area contributed by atoms with Crippen molar-refractivity contribution in [3.05, 3.63) is 99.6 Å². The smallest absolute Gasteiger partial charge is 0.343 e. The molecule has 3 aromatic carbocycles. The highest BCUT2D eigenvalue weighted by Gasteiger charge is 2.67. The van der Waals surface area contributed by atoms with Gasteiger partial charge in [-0.25, -0.2) is 9.80 Å². The second kappa shape index (κ2) is 12.4. The molecule has 3 amide bonds. The Morgan fingerprint density at radius 1 is 0.870 bits per heavy atom. The second-order valence-corrected chi connectivity index (χ2v) is 13.3. The number of carbonyl (C=O) groups excluding carboxylic acids is 5. The fourth-order valence-electron chi connectivity index (χ4n) is 6.53. The van der Waals surface area contributed by atoms with Crippen LogP contribution in [0.3, 0.4) is 0 Å². The average molecular weight is 755 g/mol. The van der Waals surface area contributed by atoms with Crippen LogP contribution in [-0.4, -0.2) is 67.7 Å². The number of amides is 3. The molecule has 6 atom stereocenters. The van der Waals surface area contributed by atoms with E-state index in [9.17, 15) is 34.1 Å². The number of esters is 1. The Bertz CT molecular complexity index is 1730. The Kier molecular flexibility index (Phi) is 8.51. The van der Waals surface area contributed by atoms with Crippen molar-refractivity contribution in [3.8, 4) is 11.5 Å². The summed E-state index contributed by atoms with van der Waals surface area (Å²) >= 11 is 7.28. The van der Waals surface area contributed by atoms with Crippen molar-refractivity contribution in [2.45, 2.75) is 16.1 Å². The molecule has 14 heteroatoms. The molecule has 3 fully saturated rings. The van der Waals surface area contributed by atoms with Gasteiger partial charge < -0.3 is 9.47 Å². The zero-order chi connectivity index (χ0) is 32.9. The van der Waals surface area contributed by atoms with Crippen LogP contribution >= 0.6 is 31.9 Å². The van der Waals surface area contributed by atoms with Crippen LogP contribution in [0.4, 0.5) is 5.69 Å². The van der Waals surface area contributed by atoms with E-state index >= 15 is 0 Å². The third-order valence-corrected chi connectivity index (χ3v) is 12.0. The van der Waals surface area contributed by atoms with E-state index in [4.69, 9.17) is 9.47 Å². The van der Waals surface area contributed by atoms with Gasteiger partial charge in [0, 0.05) is 32.9 Å². The monoisotopic (exact) mass is 753 g/mol. The van der Waals surface area contributed by atoms with Crippen molar-refractivity contribution >= 4 is 67.0 Å². The van der Waals surface area contributed by atoms with Crippen LogP contribution in [0.5, 0.6) is 11.5 Å². The molecule has 2 aliphatic carbocycles. The lowest BCUT2D eigenvalue weighted by atomic mass is 9.81. The van der Waals surface area contributed by atoms with Crippen LogP contribution in [-0.2, 0) is 9.59 Å². The fourth-order valence-corrected chi connectivity index (χ4v) is 8.40. The average Bonchev–Trinajstić information content (AvgIpc) is 3.68. The molecule has 3 aromatic rings. The summed E-state index contributed by atoms with van der Waals surface area (Å²) in [6, 6.07) is 16.7. The van der Waals surface area contributed by atoms with Gasteiger partial charge in [-0.2, -0.15) is 5.01 Å². The van der Waals surface area contributed by atoms with E-state index in [0.717, 1.165) is 22.2 Å². The minimum atomic E-state index is -0.841. The van der Waals surface area contributed by atoms with Crippen LogP contribution in [0.1, 0.15) is 37.5 Å². The van der Waals surface area contributed by atoms with Crippen LogP contribution in [0.15, 0.2) is 72.8 Å². The number of rotatable bonds is 9. The number of Topliss-reactive ketones (excluding diaryl/α,β-unsaturated/α-hetero) is 1. The first kappa shape index (κ1) is 31.5. The minimum absolute atomic E-state index is 0.0348. The number of ketones is 1. The van der Waals surface area contributed by atoms with Crippen molar-refractivity contribution in [2.75, 3.05) is 13.7 Å². The first-order valence-electron chi connectivity index (χ1n) is 14.2. The normalized spacial score (nSPS) is 24.5. The van der Waals surface area contributed by atoms with Crippen LogP contribution in [0, 0.1) is 33.8 Å². The van der Waals surface area contributed by atoms with Gasteiger partial charge in [-0.05, 0) is 72.9 Å². The number of non-ortho nitro benzene ring substituents is 1. The fraction of sp³-hybridized carbons (Fsp3) is 0.281. The Labute approximate surface area is 279 Å². The summed E-state index contributed by atoms with van der Waals surface area (Å²) in [5.74, 6) is -4.10. The summed E-state index contributed by atoms with van der Waals surface area (Å²) in [5.41, 5.74) is 0.0895. The van der Waals surface area contributed by atoms with E-state index in [1.807, 2.05) is 0 Å². The van der Waals surface area contributed by atoms with E-state index in [1.165, 1.54) is 49.6 Å². The standard InChI is InChI=1S/C32H25Br2N3O9/c1-45-21-4-2-3-18(13-21)32(42)46-20-11-7-16(8-12-20)24(38)15-35(29(39)17-5-9-19(10-6-17)37(43)44)36-30(40)25-22-14-23(26(25)31(36)41)28(34)27(22)33/h2-13,22-23,25-28H,14-15H2,1H3/t22-,23-,25-,26-,27-,28+/m1/s1. The quantitative estimate of drug-likeness (QED) is 0.0568. The summed E-state index contributed by atoms with van der Waals surface area (Å²) in [5, 5.41) is 12.8. The Hall–Kier alpha value is -4.43. The highest BCUT2D eigenvalue weighted by Crippen LogP contribution is 2.60. The number of methoxy groups -OCH3 is 1. The van der Waals surface area contributed by atoms with Crippen molar-refractivity contribution in [1.82, 2.24) is 10.0 Å². The van der Waals surface area contributed by atoms with Crippen molar-refractivity contribution in [1.29, 1.82) is 0 Å². The number of nitro groups is 1. The van der Waals surface area contributed by atoms with Crippen LogP contribution < -0.4 is 9.47 Å². The molecule has 0 spiro atoms. The van der Waals surface area contributed by atoms with Crippen molar-refractivity contribution in [3.63, 3.8) is 0 Å². The molecule has 236 valence electrons. The number of nitro benzene ring substituents is 1. The molecule has 1 aliphatic heterocycles. The lowest BCUT2D eigenvalue weighted by Crippen LogP contribution is -2.52. The van der Waals surface area contributed by atoms with Gasteiger partial charge in [-0.1, -0.05) is 37.9 Å². The van der Waals surface area contributed by atoms with Crippen LogP contribution in [0.25, 0.3) is 0 Å². The first-order valence-corrected chi connectivity index (χ1v) is 16.0. The SMILES string of the molecule is COc1cccc(C(=O)Oc2ccc(C(=O)CN(C(=O)c3ccc([N+](=O)[O-])cc3)N3C(=O)[C@@H]4[C@H]5C[C@@H]([C@@H](Br)[C@H]5Br)[C@H]4C3=O)cc2)c1. The minimum Gasteiger partial charge on any atom is -0.497 e. The highest BCUT2D eigenvalue weighted by molar-refractivity contribution is 9.12. The molecule has 1 saturated heterocycles. The van der Waals surface area contributed by atoms with Gasteiger partial charge in [0.25, 0.3) is 23.4 Å². The van der Waals surface area contributed by atoms with E-state index < -0.39 is 52.8 Å². The largest absolute Gasteiger partial charge is 0.497 e. The van der Waals surface area contributed by atoms with Gasteiger partial charge in [0.05, 0.1) is 29.4 Å². The van der Waals surface area contributed by atoms with E-state index in [2.05, 4.69) is 31.9 Å². The molecule has 2 bridgehead atoms. The molecule has 2 saturated carbocycles. The maximum atomic E-state index is 13.8. The third kappa shape index (κ3) is 5.49. The van der Waals surface area contributed by atoms with Crippen molar-refractivity contribution < 1.29 is 38.4 Å². The molecular formula is C32H25Br2N3O9. The highest BCUT2D eigenvalue weighted by atomic mass is 79.9. The summed E-state index contributed by atoms with van der Waals surface area (Å²) < 4.78 is 10.5. The van der Waals surface area contributed by atoms with Gasteiger partial charge in [-0.3, -0.25) is 29.3 Å². The number of carbonyl (C=O) groups is 5. The zero-order valence-corrected chi connectivity index (χ0v) is 27.3. The van der Waals surface area contributed by atoms with Gasteiger partial charge in [-0.15, -0.1) is 0 Å². The molecule has 1 heterocycles. The molecular weight excluding hydrogens is 730 g/mol. The number of ether oxygens (including phenoxy) is 2. The lowest BCUT2D eigenvalue weighted by Gasteiger charge is -2.30. The number of nitrogens with zero attached hydrogens (tertiary/aromatic N) is 3. The Balaban J connectivity index is 1.25. The zero-order valence-electron chi connectivity index (χ0n) is 24.1. The number of imide groups is 1. The van der Waals surface area contributed by atoms with Gasteiger partial charge >= 0.3 is 5.97 Å². The molecule has 0 unspecified atom stereocenters. The molecule has 6 rings (SSSR count). The number of halogens is 2. The first-order chi connectivity index (χ1) is 22.0. The third-order valence-electron chi connectivity index (χ3n) is 8.75. The molecule has 0 aromatic heterocycles. The van der Waals surface area contributed by atoms with Crippen molar-refractivity contribution in [2.24, 2.45) is 23.7 Å². The molecule has 3 aliphatic rings. The number of hydrazine groups is 1. The predicted molar refractivity (Wildman–Crippen MR) is 169 cm³/mol. The number of hydrogen-bond donors (Lipinski definition) is 0. The number of alkyl halides is 2. The molecule has 46 heavy (non-hydrogen) atoms. The summed E-state index contributed by atoms with van der Waals surface area (Å²) in [7, 11) is 1.48. The maximum absolute atomic E-state index is 13.8. The summed E-state index contributed by atoms with van der Waals surface area (Å²) in [6.45, 7) is -0.666. The Morgan fingerprint density at radius 2 is 1.46 bits per heavy atom. The van der Waals surface area contributed by atoms with E-state index in [-0.39, 0.29) is 49.6 Å². The van der Waals surface area contributed by atoms with Gasteiger partial charge in [0.2, 0.25) is 0 Å². The van der Waals surface area contributed by atoms with E-state index in [0.29, 0.717) is 12.2 Å². The van der Waals surface area contributed by atoms with Crippen LogP contribution in [0.2, 0.25) is 0 Å².